The van der Waals surface area contributed by atoms with Gasteiger partial charge in [-0.2, -0.15) is 0 Å². The molecule has 0 bridgehead atoms. The van der Waals surface area contributed by atoms with Crippen LogP contribution in [0.5, 0.6) is 0 Å². The second kappa shape index (κ2) is 9.15. The van der Waals surface area contributed by atoms with Gasteiger partial charge in [-0.05, 0) is 67.5 Å². The Hall–Kier alpha value is -2.77. The Balaban J connectivity index is 1.37. The van der Waals surface area contributed by atoms with Crippen molar-refractivity contribution in [2.24, 2.45) is 11.7 Å². The highest BCUT2D eigenvalue weighted by Gasteiger charge is 2.16. The number of rotatable bonds is 6. The minimum Gasteiger partial charge on any atom is -0.339 e. The number of nitrogens with zero attached hydrogens (tertiary/aromatic N) is 3. The minimum absolute atomic E-state index is 0.157. The van der Waals surface area contributed by atoms with Crippen molar-refractivity contribution in [1.82, 2.24) is 14.5 Å². The van der Waals surface area contributed by atoms with Gasteiger partial charge in [0.05, 0.1) is 5.69 Å². The zero-order chi connectivity index (χ0) is 20.1. The number of nitrogens with two attached hydrogens (primary N) is 1. The molecular weight excluding hydrogens is 382 g/mol. The Labute approximate surface area is 174 Å². The Kier molecular flexibility index (Phi) is 6.17. The molecule has 150 valence electrons. The fraction of sp³-hybridized carbons (Fsp3) is 0.318. The molecule has 1 fully saturated rings. The van der Waals surface area contributed by atoms with Gasteiger partial charge in [0.25, 0.3) is 5.91 Å². The molecule has 29 heavy (non-hydrogen) atoms. The second-order valence-corrected chi connectivity index (χ2v) is 8.30. The highest BCUT2D eigenvalue weighted by atomic mass is 32.1. The van der Waals surface area contributed by atoms with E-state index < -0.39 is 0 Å². The van der Waals surface area contributed by atoms with Crippen LogP contribution < -0.4 is 11.1 Å². The van der Waals surface area contributed by atoms with Gasteiger partial charge in [0, 0.05) is 36.6 Å². The molecule has 3 heterocycles. The SMILES string of the molecule is NC1CCC(/C=C/c2csc(NC(=O)c3cccn3Cc3ccncc3)n2)CC1. The van der Waals surface area contributed by atoms with Gasteiger partial charge in [0.15, 0.2) is 5.13 Å². The van der Waals surface area contributed by atoms with Crippen LogP contribution in [0, 0.1) is 5.92 Å². The van der Waals surface area contributed by atoms with Crippen molar-refractivity contribution >= 4 is 28.5 Å². The van der Waals surface area contributed by atoms with E-state index >= 15 is 0 Å². The molecule has 7 heteroatoms. The number of pyridine rings is 1. The van der Waals surface area contributed by atoms with E-state index in [-0.39, 0.29) is 5.91 Å². The van der Waals surface area contributed by atoms with Gasteiger partial charge < -0.3 is 10.3 Å². The van der Waals surface area contributed by atoms with Crippen LogP contribution in [0.1, 0.15) is 47.4 Å². The lowest BCUT2D eigenvalue weighted by molar-refractivity contribution is 0.101. The third-order valence-electron chi connectivity index (χ3n) is 5.26. The van der Waals surface area contributed by atoms with Crippen molar-refractivity contribution in [2.75, 3.05) is 5.32 Å². The largest absolute Gasteiger partial charge is 0.339 e. The van der Waals surface area contributed by atoms with Crippen LogP contribution in [0.4, 0.5) is 5.13 Å². The second-order valence-electron chi connectivity index (χ2n) is 7.44. The van der Waals surface area contributed by atoms with E-state index in [0.717, 1.165) is 36.9 Å². The maximum Gasteiger partial charge on any atom is 0.274 e. The zero-order valence-electron chi connectivity index (χ0n) is 16.2. The molecule has 1 amide bonds. The molecule has 3 aromatic rings. The summed E-state index contributed by atoms with van der Waals surface area (Å²) >= 11 is 1.44. The molecule has 4 rings (SSSR count). The summed E-state index contributed by atoms with van der Waals surface area (Å²) in [5.74, 6) is 0.418. The number of nitrogens with one attached hydrogen (secondary N) is 1. The molecule has 3 aromatic heterocycles. The molecule has 0 atom stereocenters. The zero-order valence-corrected chi connectivity index (χ0v) is 17.0. The smallest absolute Gasteiger partial charge is 0.274 e. The highest BCUT2D eigenvalue weighted by molar-refractivity contribution is 7.14. The van der Waals surface area contributed by atoms with E-state index in [2.05, 4.69) is 27.4 Å². The number of carbonyl (C=O) groups excluding carboxylic acids is 1. The average molecular weight is 408 g/mol. The molecule has 1 aliphatic carbocycles. The number of aromatic nitrogens is 3. The Morgan fingerprint density at radius 2 is 2.03 bits per heavy atom. The van der Waals surface area contributed by atoms with Gasteiger partial charge in [-0.3, -0.25) is 15.1 Å². The number of hydrogen-bond donors (Lipinski definition) is 2. The summed E-state index contributed by atoms with van der Waals surface area (Å²) in [5.41, 5.74) is 8.55. The molecule has 0 radical (unpaired) electrons. The van der Waals surface area contributed by atoms with Crippen LogP contribution in [0.25, 0.3) is 6.08 Å². The standard InChI is InChI=1S/C22H25N5OS/c23-18-6-3-16(4-7-18)5-8-19-15-29-22(25-19)26-21(28)20-2-1-13-27(20)14-17-9-11-24-12-10-17/h1-2,5,8-13,15-16,18H,3-4,6-7,14,23H2,(H,25,26,28)/b8-5+. The van der Waals surface area contributed by atoms with Gasteiger partial charge in [0.1, 0.15) is 5.69 Å². The molecule has 0 saturated heterocycles. The number of carbonyl (C=O) groups is 1. The van der Waals surface area contributed by atoms with E-state index in [9.17, 15) is 4.79 Å². The molecule has 3 N–H and O–H groups in total. The molecular formula is C22H25N5OS. The van der Waals surface area contributed by atoms with Crippen LogP contribution in [-0.4, -0.2) is 26.5 Å². The van der Waals surface area contributed by atoms with Crippen LogP contribution in [-0.2, 0) is 6.54 Å². The van der Waals surface area contributed by atoms with Crippen LogP contribution >= 0.6 is 11.3 Å². The number of allylic oxidation sites excluding steroid dienone is 1. The summed E-state index contributed by atoms with van der Waals surface area (Å²) in [7, 11) is 0. The van der Waals surface area contributed by atoms with Crippen LogP contribution in [0.3, 0.4) is 0 Å². The van der Waals surface area contributed by atoms with E-state index in [1.807, 2.05) is 40.4 Å². The third-order valence-corrected chi connectivity index (χ3v) is 6.04. The van der Waals surface area contributed by atoms with E-state index in [4.69, 9.17) is 5.73 Å². The predicted molar refractivity (Wildman–Crippen MR) is 117 cm³/mol. The molecule has 0 unspecified atom stereocenters. The Morgan fingerprint density at radius 1 is 1.24 bits per heavy atom. The van der Waals surface area contributed by atoms with Crippen molar-refractivity contribution in [1.29, 1.82) is 0 Å². The minimum atomic E-state index is -0.157. The number of amides is 1. The molecule has 6 nitrogen and oxygen atoms in total. The predicted octanol–water partition coefficient (Wildman–Crippen LogP) is 4.17. The monoisotopic (exact) mass is 407 g/mol. The number of thiazole rings is 1. The Morgan fingerprint density at radius 3 is 2.83 bits per heavy atom. The summed E-state index contributed by atoms with van der Waals surface area (Å²) in [5, 5.41) is 5.50. The van der Waals surface area contributed by atoms with E-state index in [1.165, 1.54) is 11.3 Å². The van der Waals surface area contributed by atoms with Crippen LogP contribution in [0.2, 0.25) is 0 Å². The quantitative estimate of drug-likeness (QED) is 0.642. The van der Waals surface area contributed by atoms with E-state index in [0.29, 0.717) is 29.3 Å². The molecule has 0 aliphatic heterocycles. The summed E-state index contributed by atoms with van der Waals surface area (Å²) in [4.78, 5) is 21.3. The number of hydrogen-bond acceptors (Lipinski definition) is 5. The first-order valence-corrected chi connectivity index (χ1v) is 10.8. The van der Waals surface area contributed by atoms with Gasteiger partial charge in [0.2, 0.25) is 0 Å². The van der Waals surface area contributed by atoms with Crippen molar-refractivity contribution in [3.05, 3.63) is 71.3 Å². The van der Waals surface area contributed by atoms with Gasteiger partial charge in [-0.1, -0.05) is 6.08 Å². The normalized spacial score (nSPS) is 19.5. The fourth-order valence-corrected chi connectivity index (χ4v) is 4.27. The molecule has 1 aliphatic rings. The Bertz CT molecular complexity index is 970. The van der Waals surface area contributed by atoms with Crippen molar-refractivity contribution in [3.8, 4) is 0 Å². The van der Waals surface area contributed by atoms with E-state index in [1.54, 1.807) is 12.4 Å². The number of anilines is 1. The molecule has 0 spiro atoms. The topological polar surface area (TPSA) is 85.8 Å². The summed E-state index contributed by atoms with van der Waals surface area (Å²) < 4.78 is 1.92. The lowest BCUT2D eigenvalue weighted by Gasteiger charge is -2.23. The molecule has 1 saturated carbocycles. The fourth-order valence-electron chi connectivity index (χ4n) is 3.60. The highest BCUT2D eigenvalue weighted by Crippen LogP contribution is 2.25. The van der Waals surface area contributed by atoms with Crippen molar-refractivity contribution < 1.29 is 4.79 Å². The lowest BCUT2D eigenvalue weighted by Crippen LogP contribution is -2.25. The van der Waals surface area contributed by atoms with Crippen LogP contribution in [0.15, 0.2) is 54.3 Å². The first kappa shape index (κ1) is 19.5. The first-order valence-electron chi connectivity index (χ1n) is 9.92. The van der Waals surface area contributed by atoms with Gasteiger partial charge in [-0.25, -0.2) is 4.98 Å². The van der Waals surface area contributed by atoms with Gasteiger partial charge in [-0.15, -0.1) is 11.3 Å². The summed E-state index contributed by atoms with van der Waals surface area (Å²) in [6.07, 6.45) is 14.2. The summed E-state index contributed by atoms with van der Waals surface area (Å²) in [6, 6.07) is 7.95. The first-order chi connectivity index (χ1) is 14.2. The maximum absolute atomic E-state index is 12.7. The van der Waals surface area contributed by atoms with Crippen molar-refractivity contribution in [3.63, 3.8) is 0 Å². The molecule has 0 aromatic carbocycles. The third kappa shape index (κ3) is 5.19. The van der Waals surface area contributed by atoms with Gasteiger partial charge >= 0.3 is 0 Å². The summed E-state index contributed by atoms with van der Waals surface area (Å²) in [6.45, 7) is 0.620. The maximum atomic E-state index is 12.7. The lowest BCUT2D eigenvalue weighted by atomic mass is 9.86. The van der Waals surface area contributed by atoms with Crippen molar-refractivity contribution in [2.45, 2.75) is 38.3 Å². The average Bonchev–Trinajstić information content (AvgIpc) is 3.38.